The van der Waals surface area contributed by atoms with E-state index in [1.807, 2.05) is 4.90 Å². The van der Waals surface area contributed by atoms with Crippen molar-refractivity contribution < 1.29 is 14.3 Å². The average Bonchev–Trinajstić information content (AvgIpc) is 2.74. The molecule has 1 aromatic carbocycles. The number of morpholine rings is 1. The Labute approximate surface area is 169 Å². The summed E-state index contributed by atoms with van der Waals surface area (Å²) >= 11 is 0. The van der Waals surface area contributed by atoms with Gasteiger partial charge < -0.3 is 19.7 Å². The molecule has 0 aliphatic carbocycles. The minimum Gasteiger partial charge on any atom is -0.385 e. The Kier molecular flexibility index (Phi) is 8.58. The number of amides is 2. The van der Waals surface area contributed by atoms with Gasteiger partial charge in [0.25, 0.3) is 0 Å². The van der Waals surface area contributed by atoms with Gasteiger partial charge in [-0.05, 0) is 42.7 Å². The zero-order valence-electron chi connectivity index (χ0n) is 17.2. The zero-order chi connectivity index (χ0) is 19.6. The number of methoxy groups -OCH3 is 1. The molecule has 6 heteroatoms. The zero-order valence-corrected chi connectivity index (χ0v) is 17.2. The second-order valence-corrected chi connectivity index (χ2v) is 7.92. The molecule has 0 unspecified atom stereocenters. The van der Waals surface area contributed by atoms with Crippen molar-refractivity contribution in [3.05, 3.63) is 35.4 Å². The Balaban J connectivity index is 1.36. The molecule has 156 valence electrons. The van der Waals surface area contributed by atoms with Crippen LogP contribution in [0.1, 0.15) is 30.4 Å². The number of hydrogen-bond donors (Lipinski definition) is 1. The second-order valence-electron chi connectivity index (χ2n) is 7.92. The number of nitrogens with zero attached hydrogens (tertiary/aromatic N) is 2. The van der Waals surface area contributed by atoms with E-state index in [0.717, 1.165) is 71.6 Å². The molecule has 0 radical (unpaired) electrons. The molecule has 3 rings (SSSR count). The van der Waals surface area contributed by atoms with Gasteiger partial charge in [0.2, 0.25) is 0 Å². The molecule has 0 bridgehead atoms. The van der Waals surface area contributed by atoms with Crippen molar-refractivity contribution in [3.8, 4) is 0 Å². The summed E-state index contributed by atoms with van der Waals surface area (Å²) in [4.78, 5) is 16.6. The van der Waals surface area contributed by atoms with Gasteiger partial charge in [-0.3, -0.25) is 4.90 Å². The maximum absolute atomic E-state index is 12.2. The largest absolute Gasteiger partial charge is 0.385 e. The molecular formula is C22H35N3O3. The Morgan fingerprint density at radius 3 is 2.46 bits per heavy atom. The topological polar surface area (TPSA) is 54.0 Å². The van der Waals surface area contributed by atoms with Crippen LogP contribution >= 0.6 is 0 Å². The van der Waals surface area contributed by atoms with Crippen molar-refractivity contribution in [2.45, 2.75) is 32.2 Å². The van der Waals surface area contributed by atoms with Crippen LogP contribution in [0.5, 0.6) is 0 Å². The van der Waals surface area contributed by atoms with Gasteiger partial charge in [-0.15, -0.1) is 0 Å². The molecule has 2 heterocycles. The first-order valence-corrected chi connectivity index (χ1v) is 10.6. The van der Waals surface area contributed by atoms with Crippen molar-refractivity contribution in [1.29, 1.82) is 0 Å². The van der Waals surface area contributed by atoms with E-state index in [4.69, 9.17) is 9.47 Å². The lowest BCUT2D eigenvalue weighted by atomic mass is 9.90. The van der Waals surface area contributed by atoms with E-state index in [9.17, 15) is 4.79 Å². The minimum absolute atomic E-state index is 0.0713. The molecule has 2 amide bonds. The summed E-state index contributed by atoms with van der Waals surface area (Å²) in [5, 5.41) is 2.99. The van der Waals surface area contributed by atoms with E-state index in [2.05, 4.69) is 34.5 Å². The number of carbonyl (C=O) groups is 1. The first kappa shape index (κ1) is 21.1. The fourth-order valence-electron chi connectivity index (χ4n) is 4.00. The van der Waals surface area contributed by atoms with Crippen molar-refractivity contribution in [2.24, 2.45) is 5.92 Å². The molecule has 1 aromatic rings. The summed E-state index contributed by atoms with van der Waals surface area (Å²) < 4.78 is 10.4. The van der Waals surface area contributed by atoms with E-state index >= 15 is 0 Å². The van der Waals surface area contributed by atoms with Gasteiger partial charge in [0.05, 0.1) is 13.2 Å². The third kappa shape index (κ3) is 6.76. The Morgan fingerprint density at radius 1 is 1.11 bits per heavy atom. The highest BCUT2D eigenvalue weighted by atomic mass is 16.5. The molecule has 0 spiro atoms. The third-order valence-electron chi connectivity index (χ3n) is 5.76. The van der Waals surface area contributed by atoms with E-state index in [1.165, 1.54) is 11.1 Å². The number of urea groups is 1. The number of rotatable bonds is 8. The molecule has 6 nitrogen and oxygen atoms in total. The van der Waals surface area contributed by atoms with Crippen molar-refractivity contribution in [3.63, 3.8) is 0 Å². The summed E-state index contributed by atoms with van der Waals surface area (Å²) in [6.07, 6.45) is 4.14. The van der Waals surface area contributed by atoms with E-state index in [1.54, 1.807) is 7.11 Å². The van der Waals surface area contributed by atoms with Crippen LogP contribution in [0.2, 0.25) is 0 Å². The first-order valence-electron chi connectivity index (χ1n) is 10.6. The molecule has 0 saturated carbocycles. The van der Waals surface area contributed by atoms with Crippen LogP contribution in [0, 0.1) is 5.92 Å². The number of piperidine rings is 1. The number of likely N-dealkylation sites (tertiary alicyclic amines) is 1. The van der Waals surface area contributed by atoms with Crippen LogP contribution < -0.4 is 5.32 Å². The van der Waals surface area contributed by atoms with Gasteiger partial charge in [0.15, 0.2) is 0 Å². The number of hydrogen-bond acceptors (Lipinski definition) is 4. The van der Waals surface area contributed by atoms with Gasteiger partial charge in [-0.2, -0.15) is 0 Å². The monoisotopic (exact) mass is 389 g/mol. The third-order valence-corrected chi connectivity index (χ3v) is 5.76. The highest BCUT2D eigenvalue weighted by Gasteiger charge is 2.22. The highest BCUT2D eigenvalue weighted by molar-refractivity contribution is 5.74. The number of nitrogens with one attached hydrogen (secondary N) is 1. The van der Waals surface area contributed by atoms with Gasteiger partial charge in [0.1, 0.15) is 0 Å². The Hall–Kier alpha value is -1.63. The number of ether oxygens (including phenoxy) is 2. The summed E-state index contributed by atoms with van der Waals surface area (Å²) in [7, 11) is 1.68. The van der Waals surface area contributed by atoms with E-state index in [0.29, 0.717) is 19.1 Å². The normalized spacial score (nSPS) is 19.0. The van der Waals surface area contributed by atoms with E-state index in [-0.39, 0.29) is 6.03 Å². The van der Waals surface area contributed by atoms with Gasteiger partial charge in [0, 0.05) is 53.0 Å². The summed E-state index contributed by atoms with van der Waals surface area (Å²) in [6, 6.07) is 9.18. The predicted octanol–water partition coefficient (Wildman–Crippen LogP) is 2.52. The fraction of sp³-hybridized carbons (Fsp3) is 0.682. The van der Waals surface area contributed by atoms with Crippen LogP contribution in [0.3, 0.4) is 0 Å². The van der Waals surface area contributed by atoms with Crippen LogP contribution in [-0.2, 0) is 22.4 Å². The molecule has 2 fully saturated rings. The van der Waals surface area contributed by atoms with Crippen molar-refractivity contribution >= 4 is 6.03 Å². The predicted molar refractivity (Wildman–Crippen MR) is 110 cm³/mol. The first-order chi connectivity index (χ1) is 13.7. The molecule has 2 saturated heterocycles. The number of carbonyl (C=O) groups excluding carboxylic acids is 1. The van der Waals surface area contributed by atoms with Gasteiger partial charge in [-0.25, -0.2) is 4.79 Å². The smallest absolute Gasteiger partial charge is 0.317 e. The second kappa shape index (κ2) is 11.4. The maximum atomic E-state index is 12.2. The lowest BCUT2D eigenvalue weighted by Crippen LogP contribution is -2.45. The lowest BCUT2D eigenvalue weighted by molar-refractivity contribution is 0.0342. The minimum atomic E-state index is 0.0713. The van der Waals surface area contributed by atoms with Crippen LogP contribution in [0.4, 0.5) is 4.79 Å². The Bertz CT molecular complexity index is 579. The highest BCUT2D eigenvalue weighted by Crippen LogP contribution is 2.22. The number of benzene rings is 1. The van der Waals surface area contributed by atoms with Gasteiger partial charge >= 0.3 is 6.03 Å². The van der Waals surface area contributed by atoms with Crippen molar-refractivity contribution in [1.82, 2.24) is 15.1 Å². The molecule has 1 N–H and O–H groups in total. The quantitative estimate of drug-likeness (QED) is 0.694. The molecule has 2 aliphatic heterocycles. The summed E-state index contributed by atoms with van der Waals surface area (Å²) in [5.41, 5.74) is 2.79. The molecular weight excluding hydrogens is 354 g/mol. The SMILES string of the molecule is COCCCNC(=O)N1CCC(Cc2ccc(CN3CCOCC3)cc2)CC1. The fourth-order valence-corrected chi connectivity index (χ4v) is 4.00. The summed E-state index contributed by atoms with van der Waals surface area (Å²) in [5.74, 6) is 0.669. The molecule has 0 aromatic heterocycles. The maximum Gasteiger partial charge on any atom is 0.317 e. The molecule has 0 atom stereocenters. The summed E-state index contributed by atoms with van der Waals surface area (Å²) in [6.45, 7) is 7.86. The van der Waals surface area contributed by atoms with E-state index < -0.39 is 0 Å². The molecule has 2 aliphatic rings. The standard InChI is InChI=1S/C22H35N3O3/c1-27-14-2-9-23-22(26)25-10-7-20(8-11-25)17-19-3-5-21(6-4-19)18-24-12-15-28-16-13-24/h3-6,20H,2,7-18H2,1H3,(H,23,26). The van der Waals surface area contributed by atoms with Crippen molar-refractivity contribution in [2.75, 3.05) is 59.7 Å². The van der Waals surface area contributed by atoms with Crippen LogP contribution in [0.15, 0.2) is 24.3 Å². The molecule has 28 heavy (non-hydrogen) atoms. The average molecular weight is 390 g/mol. The van der Waals surface area contributed by atoms with Gasteiger partial charge in [-0.1, -0.05) is 24.3 Å². The lowest BCUT2D eigenvalue weighted by Gasteiger charge is -2.32. The Morgan fingerprint density at radius 2 is 1.79 bits per heavy atom. The van der Waals surface area contributed by atoms with Crippen LogP contribution in [0.25, 0.3) is 0 Å². The van der Waals surface area contributed by atoms with Crippen LogP contribution in [-0.4, -0.2) is 75.5 Å².